The molecular weight excluding hydrogens is 692 g/mol. The number of anilines is 2. The number of halogens is 6. The molecule has 2 aromatic heterocycles. The highest BCUT2D eigenvalue weighted by molar-refractivity contribution is 5.93. The number of hydrogen-bond donors (Lipinski definition) is 3. The van der Waals surface area contributed by atoms with Crippen molar-refractivity contribution in [3.8, 4) is 11.3 Å². The number of rotatable bonds is 8. The van der Waals surface area contributed by atoms with Gasteiger partial charge in [0.25, 0.3) is 0 Å². The van der Waals surface area contributed by atoms with E-state index in [0.717, 1.165) is 42.1 Å². The van der Waals surface area contributed by atoms with Gasteiger partial charge in [-0.25, -0.2) is 14.8 Å². The summed E-state index contributed by atoms with van der Waals surface area (Å²) in [5, 5.41) is 13.9. The van der Waals surface area contributed by atoms with Gasteiger partial charge in [-0.05, 0) is 101 Å². The fourth-order valence-corrected chi connectivity index (χ4v) is 6.31. The molecule has 0 unspecified atom stereocenters. The molecule has 280 valence electrons. The molecule has 2 heterocycles. The molecule has 1 aliphatic carbocycles. The predicted molar refractivity (Wildman–Crippen MR) is 184 cm³/mol. The zero-order valence-electron chi connectivity index (χ0n) is 29.6. The number of alkyl halides is 6. The van der Waals surface area contributed by atoms with Gasteiger partial charge in [-0.15, -0.1) is 0 Å². The molecule has 10 nitrogen and oxygen atoms in total. The van der Waals surface area contributed by atoms with Gasteiger partial charge in [0.1, 0.15) is 5.60 Å². The average Bonchev–Trinajstić information content (AvgIpc) is 3.38. The molecule has 3 N–H and O–H groups in total. The van der Waals surface area contributed by atoms with E-state index in [4.69, 9.17) is 9.72 Å². The molecule has 2 amide bonds. The molecule has 1 saturated carbocycles. The Labute approximate surface area is 296 Å². The Morgan fingerprint density at radius 2 is 1.67 bits per heavy atom. The standard InChI is InChI=1S/C36H41F6N7O3/c1-7-20-14-22(15-23-19-43-31(46-30(20)23)44-25-10-12-34(5,13-11-25)47-32(51)52-33(2,3)4)27-18-28(48-49(27)6)45-29(50)17-21-16-24(35(37,38)39)8-9-26(21)36(40,41)42/h8-9,14-16,18-19,25H,7,10-13,17H2,1-6H3,(H,47,51)(H,43,44,46)(H,45,48,50). The van der Waals surface area contributed by atoms with Gasteiger partial charge < -0.3 is 20.7 Å². The fraction of sp³-hybridized carbons (Fsp3) is 0.472. The maximum atomic E-state index is 13.5. The molecule has 1 aliphatic rings. The van der Waals surface area contributed by atoms with E-state index in [1.165, 1.54) is 10.7 Å². The lowest BCUT2D eigenvalue weighted by atomic mass is 9.81. The number of aromatic nitrogens is 4. The summed E-state index contributed by atoms with van der Waals surface area (Å²) in [6.45, 7) is 9.45. The smallest absolute Gasteiger partial charge is 0.416 e. The van der Waals surface area contributed by atoms with E-state index < -0.39 is 53.1 Å². The van der Waals surface area contributed by atoms with Gasteiger partial charge in [0.2, 0.25) is 11.9 Å². The maximum Gasteiger partial charge on any atom is 0.416 e. The Morgan fingerprint density at radius 1 is 0.981 bits per heavy atom. The number of aryl methyl sites for hydroxylation is 2. The summed E-state index contributed by atoms with van der Waals surface area (Å²) in [6, 6.07) is 6.42. The molecule has 4 aromatic rings. The molecule has 0 atom stereocenters. The van der Waals surface area contributed by atoms with Crippen LogP contribution in [0, 0.1) is 0 Å². The molecular formula is C36H41F6N7O3. The second-order valence-corrected chi connectivity index (χ2v) is 14.4. The number of carbonyl (C=O) groups excluding carboxylic acids is 2. The maximum absolute atomic E-state index is 13.5. The molecule has 52 heavy (non-hydrogen) atoms. The number of fused-ring (bicyclic) bond motifs is 1. The topological polar surface area (TPSA) is 123 Å². The molecule has 16 heteroatoms. The van der Waals surface area contributed by atoms with Crippen molar-refractivity contribution in [1.82, 2.24) is 25.1 Å². The summed E-state index contributed by atoms with van der Waals surface area (Å²) in [5.74, 6) is -0.469. The van der Waals surface area contributed by atoms with Crippen LogP contribution in [0.4, 0.5) is 42.9 Å². The summed E-state index contributed by atoms with van der Waals surface area (Å²) < 4.78 is 87.2. The summed E-state index contributed by atoms with van der Waals surface area (Å²) in [7, 11) is 1.62. The second kappa shape index (κ2) is 14.3. The van der Waals surface area contributed by atoms with Crippen molar-refractivity contribution in [2.24, 2.45) is 7.05 Å². The van der Waals surface area contributed by atoms with E-state index in [-0.39, 0.29) is 17.4 Å². The Hall–Kier alpha value is -4.89. The first-order valence-corrected chi connectivity index (χ1v) is 16.8. The number of ether oxygens (including phenoxy) is 1. The minimum absolute atomic E-state index is 0.0156. The van der Waals surface area contributed by atoms with E-state index in [1.54, 1.807) is 13.2 Å². The molecule has 0 aliphatic heterocycles. The molecule has 5 rings (SSSR count). The first-order chi connectivity index (χ1) is 24.1. The highest BCUT2D eigenvalue weighted by Crippen LogP contribution is 2.37. The number of carbonyl (C=O) groups is 2. The Bertz CT molecular complexity index is 1960. The summed E-state index contributed by atoms with van der Waals surface area (Å²) in [6.07, 6.45) is -5.82. The lowest BCUT2D eigenvalue weighted by Gasteiger charge is -2.38. The first kappa shape index (κ1) is 38.3. The van der Waals surface area contributed by atoms with Crippen molar-refractivity contribution < 1.29 is 40.7 Å². The minimum Gasteiger partial charge on any atom is -0.444 e. The van der Waals surface area contributed by atoms with E-state index in [2.05, 4.69) is 26.0 Å². The highest BCUT2D eigenvalue weighted by Gasteiger charge is 2.38. The van der Waals surface area contributed by atoms with Gasteiger partial charge in [-0.2, -0.15) is 31.4 Å². The summed E-state index contributed by atoms with van der Waals surface area (Å²) >= 11 is 0. The molecule has 0 radical (unpaired) electrons. The highest BCUT2D eigenvalue weighted by atomic mass is 19.4. The second-order valence-electron chi connectivity index (χ2n) is 14.4. The zero-order valence-corrected chi connectivity index (χ0v) is 29.6. The Kier molecular flexibility index (Phi) is 10.5. The number of hydrogen-bond acceptors (Lipinski definition) is 7. The van der Waals surface area contributed by atoms with Gasteiger partial charge in [-0.3, -0.25) is 9.48 Å². The van der Waals surface area contributed by atoms with Crippen molar-refractivity contribution in [3.63, 3.8) is 0 Å². The van der Waals surface area contributed by atoms with Gasteiger partial charge >= 0.3 is 18.4 Å². The van der Waals surface area contributed by atoms with Crippen LogP contribution in [0.2, 0.25) is 0 Å². The third-order valence-corrected chi connectivity index (χ3v) is 8.90. The third-order valence-electron chi connectivity index (χ3n) is 8.90. The van der Waals surface area contributed by atoms with Crippen LogP contribution in [0.25, 0.3) is 22.2 Å². The van der Waals surface area contributed by atoms with Crippen LogP contribution >= 0.6 is 0 Å². The molecule has 2 aromatic carbocycles. The minimum atomic E-state index is -4.95. The number of benzene rings is 2. The van der Waals surface area contributed by atoms with Gasteiger partial charge in [0.05, 0.1) is 28.8 Å². The molecule has 0 bridgehead atoms. The quantitative estimate of drug-likeness (QED) is 0.155. The van der Waals surface area contributed by atoms with E-state index in [1.807, 2.05) is 46.8 Å². The van der Waals surface area contributed by atoms with Crippen molar-refractivity contribution in [3.05, 3.63) is 64.8 Å². The van der Waals surface area contributed by atoms with Crippen LogP contribution in [-0.4, -0.2) is 48.9 Å². The summed E-state index contributed by atoms with van der Waals surface area (Å²) in [5.41, 5.74) is -1.45. The van der Waals surface area contributed by atoms with Crippen LogP contribution in [0.5, 0.6) is 0 Å². The SMILES string of the molecule is CCc1cc(-c2cc(NC(=O)Cc3cc(C(F)(F)F)ccc3C(F)(F)F)nn2C)cc2cnc(NC3CCC(C)(NC(=O)OC(C)(C)C)CC3)nc12. The number of nitrogens with zero attached hydrogens (tertiary/aromatic N) is 4. The van der Waals surface area contributed by atoms with Crippen LogP contribution in [-0.2, 0) is 41.8 Å². The van der Waals surface area contributed by atoms with Gasteiger partial charge in [0.15, 0.2) is 5.82 Å². The van der Waals surface area contributed by atoms with Crippen LogP contribution < -0.4 is 16.0 Å². The zero-order chi connectivity index (χ0) is 38.2. The van der Waals surface area contributed by atoms with E-state index >= 15 is 0 Å². The summed E-state index contributed by atoms with van der Waals surface area (Å²) in [4.78, 5) is 34.5. The largest absolute Gasteiger partial charge is 0.444 e. The normalized spacial score (nSPS) is 18.3. The molecule has 1 fully saturated rings. The Morgan fingerprint density at radius 3 is 2.29 bits per heavy atom. The first-order valence-electron chi connectivity index (χ1n) is 16.8. The number of amides is 2. The van der Waals surface area contributed by atoms with Crippen molar-refractivity contribution >= 4 is 34.7 Å². The third kappa shape index (κ3) is 9.31. The van der Waals surface area contributed by atoms with Gasteiger partial charge in [0, 0.05) is 41.8 Å². The molecule has 0 spiro atoms. The fourth-order valence-electron chi connectivity index (χ4n) is 6.31. The monoisotopic (exact) mass is 733 g/mol. The van der Waals surface area contributed by atoms with Crippen molar-refractivity contribution in [1.29, 1.82) is 0 Å². The Balaban J connectivity index is 1.28. The van der Waals surface area contributed by atoms with Crippen molar-refractivity contribution in [2.45, 2.75) is 103 Å². The molecule has 0 saturated heterocycles. The van der Waals surface area contributed by atoms with Crippen molar-refractivity contribution in [2.75, 3.05) is 10.6 Å². The van der Waals surface area contributed by atoms with Crippen LogP contribution in [0.3, 0.4) is 0 Å². The predicted octanol–water partition coefficient (Wildman–Crippen LogP) is 8.45. The lowest BCUT2D eigenvalue weighted by molar-refractivity contribution is -0.142. The van der Waals surface area contributed by atoms with E-state index in [0.29, 0.717) is 41.8 Å². The van der Waals surface area contributed by atoms with Crippen LogP contribution in [0.15, 0.2) is 42.6 Å². The number of nitrogens with one attached hydrogen (secondary N) is 3. The van der Waals surface area contributed by atoms with E-state index in [9.17, 15) is 35.9 Å². The average molecular weight is 734 g/mol. The van der Waals surface area contributed by atoms with Crippen LogP contribution in [0.1, 0.15) is 82.6 Å². The van der Waals surface area contributed by atoms with Gasteiger partial charge in [-0.1, -0.05) is 6.92 Å². The number of alkyl carbamates (subject to hydrolysis) is 1. The lowest BCUT2D eigenvalue weighted by Crippen LogP contribution is -2.51.